The van der Waals surface area contributed by atoms with Crippen molar-refractivity contribution < 1.29 is 4.39 Å². The van der Waals surface area contributed by atoms with Gasteiger partial charge in [0.1, 0.15) is 11.6 Å². The van der Waals surface area contributed by atoms with Crippen LogP contribution >= 0.6 is 0 Å². The van der Waals surface area contributed by atoms with Crippen molar-refractivity contribution in [2.24, 2.45) is 5.73 Å². The molecule has 3 nitrogen and oxygen atoms in total. The minimum Gasteiger partial charge on any atom is -0.331 e. The van der Waals surface area contributed by atoms with Gasteiger partial charge in [-0.25, -0.2) is 9.37 Å². The molecule has 2 aromatic rings. The lowest BCUT2D eigenvalue weighted by molar-refractivity contribution is 0.608. The van der Waals surface area contributed by atoms with E-state index >= 15 is 0 Å². The lowest BCUT2D eigenvalue weighted by atomic mass is 10.1. The number of aromatic nitrogens is 2. The first-order valence-electron chi connectivity index (χ1n) is 6.22. The zero-order valence-corrected chi connectivity index (χ0v) is 10.6. The van der Waals surface area contributed by atoms with E-state index in [1.165, 1.54) is 6.07 Å². The topological polar surface area (TPSA) is 43.8 Å². The van der Waals surface area contributed by atoms with Crippen molar-refractivity contribution in [3.8, 4) is 0 Å². The summed E-state index contributed by atoms with van der Waals surface area (Å²) in [6, 6.07) is 5.10. The van der Waals surface area contributed by atoms with E-state index in [9.17, 15) is 4.39 Å². The predicted octanol–water partition coefficient (Wildman–Crippen LogP) is 2.48. The lowest BCUT2D eigenvalue weighted by Crippen LogP contribution is -2.06. The van der Waals surface area contributed by atoms with Crippen LogP contribution in [0.2, 0.25) is 0 Å². The minimum atomic E-state index is -0.235. The Bertz CT molecular complexity index is 520. The van der Waals surface area contributed by atoms with Crippen LogP contribution < -0.4 is 5.73 Å². The maximum absolute atomic E-state index is 13.3. The fourth-order valence-electron chi connectivity index (χ4n) is 2.02. The highest BCUT2D eigenvalue weighted by Gasteiger charge is 2.05. The molecule has 0 spiro atoms. The Labute approximate surface area is 106 Å². The second-order valence-corrected chi connectivity index (χ2v) is 4.35. The molecule has 96 valence electrons. The van der Waals surface area contributed by atoms with Crippen LogP contribution in [0, 0.1) is 5.82 Å². The Kier molecular flexibility index (Phi) is 4.10. The SMILES string of the molecule is CCCc1nccn1Cc1ccc(F)c(CN)c1. The van der Waals surface area contributed by atoms with Gasteiger partial charge in [-0.3, -0.25) is 0 Å². The summed E-state index contributed by atoms with van der Waals surface area (Å²) in [7, 11) is 0. The third-order valence-electron chi connectivity index (χ3n) is 2.96. The number of hydrogen-bond donors (Lipinski definition) is 1. The van der Waals surface area contributed by atoms with Crippen LogP contribution in [-0.4, -0.2) is 9.55 Å². The van der Waals surface area contributed by atoms with Crippen molar-refractivity contribution in [2.45, 2.75) is 32.9 Å². The highest BCUT2D eigenvalue weighted by Crippen LogP contribution is 2.12. The van der Waals surface area contributed by atoms with Gasteiger partial charge < -0.3 is 10.3 Å². The molecule has 2 rings (SSSR count). The van der Waals surface area contributed by atoms with Gasteiger partial charge in [0, 0.05) is 37.5 Å². The van der Waals surface area contributed by atoms with Gasteiger partial charge in [0.05, 0.1) is 0 Å². The molecule has 0 amide bonds. The molecule has 2 N–H and O–H groups in total. The summed E-state index contributed by atoms with van der Waals surface area (Å²) in [5.74, 6) is 0.830. The maximum atomic E-state index is 13.3. The first-order chi connectivity index (χ1) is 8.74. The molecule has 0 radical (unpaired) electrons. The van der Waals surface area contributed by atoms with Gasteiger partial charge in [0.25, 0.3) is 0 Å². The van der Waals surface area contributed by atoms with E-state index in [1.54, 1.807) is 12.3 Å². The molecule has 1 aromatic carbocycles. The number of rotatable bonds is 5. The Hall–Kier alpha value is -1.68. The number of benzene rings is 1. The monoisotopic (exact) mass is 247 g/mol. The first-order valence-corrected chi connectivity index (χ1v) is 6.22. The van der Waals surface area contributed by atoms with Crippen LogP contribution in [0.4, 0.5) is 4.39 Å². The standard InChI is InChI=1S/C14H18FN3/c1-2-3-14-17-6-7-18(14)10-11-4-5-13(15)12(8-11)9-16/h4-8H,2-3,9-10,16H2,1H3. The van der Waals surface area contributed by atoms with E-state index in [-0.39, 0.29) is 12.4 Å². The normalized spacial score (nSPS) is 10.8. The molecule has 0 aliphatic carbocycles. The molecule has 4 heteroatoms. The van der Waals surface area contributed by atoms with E-state index < -0.39 is 0 Å². The average Bonchev–Trinajstić information content (AvgIpc) is 2.80. The van der Waals surface area contributed by atoms with Gasteiger partial charge in [-0.15, -0.1) is 0 Å². The van der Waals surface area contributed by atoms with Crippen molar-refractivity contribution in [3.63, 3.8) is 0 Å². The Morgan fingerprint density at radius 3 is 2.94 bits per heavy atom. The first kappa shape index (κ1) is 12.8. The maximum Gasteiger partial charge on any atom is 0.127 e. The summed E-state index contributed by atoms with van der Waals surface area (Å²) in [5.41, 5.74) is 7.12. The molecule has 0 aliphatic rings. The van der Waals surface area contributed by atoms with Crippen molar-refractivity contribution in [1.29, 1.82) is 0 Å². The van der Waals surface area contributed by atoms with E-state index in [0.717, 1.165) is 24.2 Å². The smallest absolute Gasteiger partial charge is 0.127 e. The van der Waals surface area contributed by atoms with E-state index in [4.69, 9.17) is 5.73 Å². The molecule has 0 saturated heterocycles. The molecule has 1 aromatic heterocycles. The number of nitrogens with zero attached hydrogens (tertiary/aromatic N) is 2. The number of aryl methyl sites for hydroxylation is 1. The van der Waals surface area contributed by atoms with Gasteiger partial charge >= 0.3 is 0 Å². The Balaban J connectivity index is 2.20. The quantitative estimate of drug-likeness (QED) is 0.882. The predicted molar refractivity (Wildman–Crippen MR) is 69.6 cm³/mol. The summed E-state index contributed by atoms with van der Waals surface area (Å²) < 4.78 is 15.4. The van der Waals surface area contributed by atoms with Crippen LogP contribution in [-0.2, 0) is 19.5 Å². The minimum absolute atomic E-state index is 0.228. The van der Waals surface area contributed by atoms with Crippen LogP contribution in [0.25, 0.3) is 0 Å². The third-order valence-corrected chi connectivity index (χ3v) is 2.96. The van der Waals surface area contributed by atoms with E-state index in [2.05, 4.69) is 16.5 Å². The van der Waals surface area contributed by atoms with Gasteiger partial charge in [0.2, 0.25) is 0 Å². The molecule has 1 heterocycles. The number of halogens is 1. The molecule has 0 atom stereocenters. The molecular formula is C14H18FN3. The van der Waals surface area contributed by atoms with Crippen LogP contribution in [0.5, 0.6) is 0 Å². The molecule has 0 unspecified atom stereocenters. The highest BCUT2D eigenvalue weighted by atomic mass is 19.1. The highest BCUT2D eigenvalue weighted by molar-refractivity contribution is 5.25. The second-order valence-electron chi connectivity index (χ2n) is 4.35. The molecular weight excluding hydrogens is 229 g/mol. The van der Waals surface area contributed by atoms with Crippen LogP contribution in [0.3, 0.4) is 0 Å². The van der Waals surface area contributed by atoms with Crippen molar-refractivity contribution >= 4 is 0 Å². The number of nitrogens with two attached hydrogens (primary N) is 1. The van der Waals surface area contributed by atoms with Crippen molar-refractivity contribution in [3.05, 3.63) is 53.4 Å². The Morgan fingerprint density at radius 1 is 1.39 bits per heavy atom. The van der Waals surface area contributed by atoms with Gasteiger partial charge in [-0.05, 0) is 24.1 Å². The molecule has 0 fully saturated rings. The number of hydrogen-bond acceptors (Lipinski definition) is 2. The van der Waals surface area contributed by atoms with E-state index in [0.29, 0.717) is 12.1 Å². The van der Waals surface area contributed by atoms with Gasteiger partial charge in [-0.1, -0.05) is 13.0 Å². The molecule has 0 bridgehead atoms. The van der Waals surface area contributed by atoms with E-state index in [1.807, 2.05) is 12.3 Å². The largest absolute Gasteiger partial charge is 0.331 e. The zero-order valence-electron chi connectivity index (χ0n) is 10.6. The van der Waals surface area contributed by atoms with Crippen LogP contribution in [0.15, 0.2) is 30.6 Å². The average molecular weight is 247 g/mol. The second kappa shape index (κ2) is 5.78. The summed E-state index contributed by atoms with van der Waals surface area (Å²) in [6.07, 6.45) is 5.78. The summed E-state index contributed by atoms with van der Waals surface area (Å²) in [6.45, 7) is 3.07. The van der Waals surface area contributed by atoms with Crippen LogP contribution in [0.1, 0.15) is 30.3 Å². The Morgan fingerprint density at radius 2 is 2.22 bits per heavy atom. The molecule has 18 heavy (non-hydrogen) atoms. The summed E-state index contributed by atoms with van der Waals surface area (Å²) >= 11 is 0. The lowest BCUT2D eigenvalue weighted by Gasteiger charge is -2.09. The molecule has 0 saturated carbocycles. The van der Waals surface area contributed by atoms with Crippen molar-refractivity contribution in [1.82, 2.24) is 9.55 Å². The van der Waals surface area contributed by atoms with Crippen molar-refractivity contribution in [2.75, 3.05) is 0 Å². The van der Waals surface area contributed by atoms with Gasteiger partial charge in [0.15, 0.2) is 0 Å². The zero-order chi connectivity index (χ0) is 13.0. The fourth-order valence-corrected chi connectivity index (χ4v) is 2.02. The number of imidazole rings is 1. The molecule has 0 aliphatic heterocycles. The summed E-state index contributed by atoms with van der Waals surface area (Å²) in [4.78, 5) is 4.33. The van der Waals surface area contributed by atoms with Gasteiger partial charge in [-0.2, -0.15) is 0 Å². The third kappa shape index (κ3) is 2.76. The fraction of sp³-hybridized carbons (Fsp3) is 0.357. The summed E-state index contributed by atoms with van der Waals surface area (Å²) in [5, 5.41) is 0.